The molecule has 0 aliphatic carbocycles. The molecule has 0 saturated heterocycles. The molecule has 0 aromatic rings. The summed E-state index contributed by atoms with van der Waals surface area (Å²) in [5, 5.41) is 2.85. The van der Waals surface area contributed by atoms with Crippen LogP contribution in [0.15, 0.2) is 0 Å². The molecule has 1 unspecified atom stereocenters. The Labute approximate surface area is 153 Å². The Morgan fingerprint density at radius 3 is 2.08 bits per heavy atom. The van der Waals surface area contributed by atoms with Crippen LogP contribution in [0.3, 0.4) is 0 Å². The number of ether oxygens (including phenoxy) is 2. The minimum atomic E-state index is -0.563. The van der Waals surface area contributed by atoms with Crippen molar-refractivity contribution in [1.29, 1.82) is 0 Å². The first-order chi connectivity index (χ1) is 11.4. The number of nitrogens with zero attached hydrogens (tertiary/aromatic N) is 1. The quantitative estimate of drug-likeness (QED) is 0.693. The number of carbonyl (C=O) groups excluding carboxylic acids is 2. The summed E-state index contributed by atoms with van der Waals surface area (Å²) < 4.78 is 10.8. The predicted octanol–water partition coefficient (Wildman–Crippen LogP) is 4.53. The second kappa shape index (κ2) is 10.5. The Kier molecular flexibility index (Phi) is 9.90. The van der Waals surface area contributed by atoms with Gasteiger partial charge < -0.3 is 19.7 Å². The summed E-state index contributed by atoms with van der Waals surface area (Å²) >= 11 is 0. The highest BCUT2D eigenvalue weighted by atomic mass is 16.6. The summed E-state index contributed by atoms with van der Waals surface area (Å²) in [5.41, 5.74) is -1.12. The summed E-state index contributed by atoms with van der Waals surface area (Å²) in [7, 11) is 0. The molecule has 6 heteroatoms. The van der Waals surface area contributed by atoms with E-state index in [1.54, 1.807) is 4.90 Å². The molecule has 0 rings (SSSR count). The molecule has 1 N–H and O–H groups in total. The maximum atomic E-state index is 12.5. The van der Waals surface area contributed by atoms with Crippen LogP contribution < -0.4 is 5.32 Å². The zero-order valence-corrected chi connectivity index (χ0v) is 17.1. The molecule has 147 valence electrons. The van der Waals surface area contributed by atoms with Crippen molar-refractivity contribution in [2.75, 3.05) is 13.1 Å². The maximum absolute atomic E-state index is 12.5. The van der Waals surface area contributed by atoms with Gasteiger partial charge in [-0.25, -0.2) is 9.59 Å². The number of carbonyl (C=O) groups is 2. The third kappa shape index (κ3) is 12.5. The lowest BCUT2D eigenvalue weighted by atomic mass is 10.1. The van der Waals surface area contributed by atoms with E-state index in [0.717, 1.165) is 12.8 Å². The van der Waals surface area contributed by atoms with Gasteiger partial charge in [0.15, 0.2) is 0 Å². The highest BCUT2D eigenvalue weighted by Gasteiger charge is 2.26. The molecule has 0 heterocycles. The molecule has 0 aromatic heterocycles. The smallest absolute Gasteiger partial charge is 0.410 e. The Hall–Kier alpha value is -1.46. The highest BCUT2D eigenvalue weighted by Crippen LogP contribution is 2.13. The summed E-state index contributed by atoms with van der Waals surface area (Å²) in [5.74, 6) is 0. The van der Waals surface area contributed by atoms with Crippen LogP contribution >= 0.6 is 0 Å². The summed E-state index contributed by atoms with van der Waals surface area (Å²) in [6, 6.07) is -0.225. The molecule has 25 heavy (non-hydrogen) atoms. The summed E-state index contributed by atoms with van der Waals surface area (Å²) in [6.45, 7) is 17.9. The maximum Gasteiger partial charge on any atom is 0.410 e. The molecule has 0 saturated carbocycles. The van der Waals surface area contributed by atoms with Gasteiger partial charge in [-0.3, -0.25) is 0 Å². The monoisotopic (exact) mass is 357 g/mol. The first-order valence-electron chi connectivity index (χ1n) is 9.14. The van der Waals surface area contributed by atoms with Crippen molar-refractivity contribution in [1.82, 2.24) is 10.2 Å². The topological polar surface area (TPSA) is 67.9 Å². The van der Waals surface area contributed by atoms with Gasteiger partial charge in [-0.1, -0.05) is 26.7 Å². The molecule has 0 bridgehead atoms. The van der Waals surface area contributed by atoms with Gasteiger partial charge in [0.2, 0.25) is 0 Å². The molecular weight excluding hydrogens is 320 g/mol. The molecule has 0 aromatic carbocycles. The number of unbranched alkanes of at least 4 members (excludes halogenated alkanes) is 1. The van der Waals surface area contributed by atoms with E-state index in [-0.39, 0.29) is 12.1 Å². The average molecular weight is 358 g/mol. The Morgan fingerprint density at radius 1 is 1.08 bits per heavy atom. The lowest BCUT2D eigenvalue weighted by Gasteiger charge is -2.31. The molecular formula is C19H37N2O4. The average Bonchev–Trinajstić information content (AvgIpc) is 2.39. The van der Waals surface area contributed by atoms with E-state index in [0.29, 0.717) is 25.9 Å². The summed E-state index contributed by atoms with van der Waals surface area (Å²) in [4.78, 5) is 26.2. The largest absolute Gasteiger partial charge is 0.444 e. The fourth-order valence-corrected chi connectivity index (χ4v) is 2.13. The van der Waals surface area contributed by atoms with Gasteiger partial charge in [0.05, 0.1) is 0 Å². The molecule has 0 fully saturated rings. The molecule has 1 atom stereocenters. The number of nitrogens with one attached hydrogen (secondary N) is 1. The van der Waals surface area contributed by atoms with Gasteiger partial charge in [-0.2, -0.15) is 0 Å². The van der Waals surface area contributed by atoms with Gasteiger partial charge in [0.25, 0.3) is 0 Å². The lowest BCUT2D eigenvalue weighted by Crippen LogP contribution is -2.48. The third-order valence-corrected chi connectivity index (χ3v) is 3.15. The zero-order chi connectivity index (χ0) is 19.7. The van der Waals surface area contributed by atoms with E-state index < -0.39 is 17.3 Å². The molecule has 1 radical (unpaired) electrons. The number of hydrogen-bond acceptors (Lipinski definition) is 4. The van der Waals surface area contributed by atoms with Crippen molar-refractivity contribution in [2.24, 2.45) is 0 Å². The van der Waals surface area contributed by atoms with Crippen molar-refractivity contribution < 1.29 is 19.1 Å². The second-order valence-corrected chi connectivity index (χ2v) is 8.27. The van der Waals surface area contributed by atoms with Crippen LogP contribution in [-0.4, -0.2) is 47.4 Å². The highest BCUT2D eigenvalue weighted by molar-refractivity contribution is 5.69. The van der Waals surface area contributed by atoms with Crippen LogP contribution in [0.5, 0.6) is 0 Å². The number of amides is 2. The molecule has 2 amide bonds. The van der Waals surface area contributed by atoms with Crippen molar-refractivity contribution in [3.8, 4) is 0 Å². The van der Waals surface area contributed by atoms with E-state index in [1.165, 1.54) is 0 Å². The van der Waals surface area contributed by atoms with E-state index in [9.17, 15) is 9.59 Å². The van der Waals surface area contributed by atoms with Crippen LogP contribution in [0.2, 0.25) is 0 Å². The van der Waals surface area contributed by atoms with Crippen molar-refractivity contribution >= 4 is 12.2 Å². The first-order valence-corrected chi connectivity index (χ1v) is 9.14. The van der Waals surface area contributed by atoms with Crippen molar-refractivity contribution in [3.05, 3.63) is 6.92 Å². The minimum Gasteiger partial charge on any atom is -0.444 e. The van der Waals surface area contributed by atoms with Crippen LogP contribution in [0, 0.1) is 6.92 Å². The van der Waals surface area contributed by atoms with Crippen molar-refractivity contribution in [3.63, 3.8) is 0 Å². The SMILES string of the molecule is [CH2]CCC(CN(CCCC)C(=O)OC(C)(C)C)NC(=O)OC(C)(C)C. The van der Waals surface area contributed by atoms with Crippen LogP contribution in [0.25, 0.3) is 0 Å². The van der Waals surface area contributed by atoms with Gasteiger partial charge in [-0.05, 0) is 54.4 Å². The number of alkyl carbamates (subject to hydrolysis) is 1. The normalized spacial score (nSPS) is 13.1. The molecule has 0 spiro atoms. The minimum absolute atomic E-state index is 0.225. The predicted molar refractivity (Wildman–Crippen MR) is 100 cm³/mol. The lowest BCUT2D eigenvalue weighted by molar-refractivity contribution is 0.0207. The third-order valence-electron chi connectivity index (χ3n) is 3.15. The number of hydrogen-bond donors (Lipinski definition) is 1. The standard InChI is InChI=1S/C19H37N2O4/c1-9-11-13-21(17(23)25-19(6,7)8)14-15(12-10-2)20-16(22)24-18(3,4)5/h15H,2,9-14H2,1,3-8H3,(H,20,22). The van der Waals surface area contributed by atoms with Gasteiger partial charge in [-0.15, -0.1) is 0 Å². The zero-order valence-electron chi connectivity index (χ0n) is 17.1. The van der Waals surface area contributed by atoms with Gasteiger partial charge in [0.1, 0.15) is 11.2 Å². The summed E-state index contributed by atoms with van der Waals surface area (Å²) in [6.07, 6.45) is 2.31. The van der Waals surface area contributed by atoms with E-state index >= 15 is 0 Å². The van der Waals surface area contributed by atoms with Crippen LogP contribution in [-0.2, 0) is 9.47 Å². The Bertz CT molecular complexity index is 411. The fraction of sp³-hybridized carbons (Fsp3) is 0.842. The Morgan fingerprint density at radius 2 is 1.64 bits per heavy atom. The van der Waals surface area contributed by atoms with Crippen LogP contribution in [0.1, 0.15) is 74.1 Å². The number of rotatable bonds is 8. The van der Waals surface area contributed by atoms with Crippen molar-refractivity contribution in [2.45, 2.75) is 91.4 Å². The van der Waals surface area contributed by atoms with Crippen LogP contribution in [0.4, 0.5) is 9.59 Å². The van der Waals surface area contributed by atoms with Gasteiger partial charge in [0, 0.05) is 19.1 Å². The Balaban J connectivity index is 4.96. The molecule has 0 aliphatic rings. The first kappa shape index (κ1) is 23.5. The molecule has 6 nitrogen and oxygen atoms in total. The van der Waals surface area contributed by atoms with E-state index in [2.05, 4.69) is 19.2 Å². The van der Waals surface area contributed by atoms with E-state index in [1.807, 2.05) is 41.5 Å². The second-order valence-electron chi connectivity index (χ2n) is 8.27. The molecule has 0 aliphatic heterocycles. The van der Waals surface area contributed by atoms with E-state index in [4.69, 9.17) is 9.47 Å². The fourth-order valence-electron chi connectivity index (χ4n) is 2.13. The van der Waals surface area contributed by atoms with Gasteiger partial charge >= 0.3 is 12.2 Å².